The summed E-state index contributed by atoms with van der Waals surface area (Å²) in [6.07, 6.45) is 3.93. The average molecular weight is 210 g/mol. The fourth-order valence-electron chi connectivity index (χ4n) is 3.85. The molecule has 4 heteroatoms. The molecule has 4 aliphatic heterocycles. The van der Waals surface area contributed by atoms with Crippen molar-refractivity contribution in [1.29, 1.82) is 0 Å². The third-order valence-electron chi connectivity index (χ3n) is 4.69. The van der Waals surface area contributed by atoms with Crippen molar-refractivity contribution in [3.63, 3.8) is 0 Å². The van der Waals surface area contributed by atoms with E-state index in [0.29, 0.717) is 12.1 Å². The lowest BCUT2D eigenvalue weighted by molar-refractivity contribution is -0.190. The minimum Gasteiger partial charge on any atom is -0.369 e. The maximum Gasteiger partial charge on any atom is 0.112 e. The molecule has 0 aromatic rings. The molecule has 0 aliphatic carbocycles. The van der Waals surface area contributed by atoms with E-state index in [1.165, 1.54) is 12.8 Å². The highest BCUT2D eigenvalue weighted by Crippen LogP contribution is 2.49. The van der Waals surface area contributed by atoms with Gasteiger partial charge in [-0.1, -0.05) is 0 Å². The van der Waals surface area contributed by atoms with Crippen molar-refractivity contribution in [3.05, 3.63) is 0 Å². The van der Waals surface area contributed by atoms with Gasteiger partial charge in [0.25, 0.3) is 0 Å². The summed E-state index contributed by atoms with van der Waals surface area (Å²) in [6.45, 7) is 3.84. The maximum atomic E-state index is 6.26. The van der Waals surface area contributed by atoms with Gasteiger partial charge in [-0.2, -0.15) is 0 Å². The smallest absolute Gasteiger partial charge is 0.112 e. The van der Waals surface area contributed by atoms with Crippen LogP contribution in [0.3, 0.4) is 0 Å². The molecule has 0 aromatic carbocycles. The van der Waals surface area contributed by atoms with Crippen LogP contribution in [0.4, 0.5) is 0 Å². The number of hydrogen-bond acceptors (Lipinski definition) is 4. The summed E-state index contributed by atoms with van der Waals surface area (Å²) in [6, 6.07) is 0.573. The highest BCUT2D eigenvalue weighted by atomic mass is 16.6. The molecule has 0 radical (unpaired) electrons. The molecule has 4 saturated heterocycles. The summed E-state index contributed by atoms with van der Waals surface area (Å²) in [7, 11) is 0. The lowest BCUT2D eigenvalue weighted by Crippen LogP contribution is -2.64. The van der Waals surface area contributed by atoms with Crippen LogP contribution in [0, 0.1) is 0 Å². The fourth-order valence-corrected chi connectivity index (χ4v) is 3.85. The first-order valence-electron chi connectivity index (χ1n) is 6.08. The van der Waals surface area contributed by atoms with Crippen molar-refractivity contribution >= 4 is 0 Å². The van der Waals surface area contributed by atoms with Crippen LogP contribution in [-0.2, 0) is 9.47 Å². The van der Waals surface area contributed by atoms with Crippen molar-refractivity contribution in [2.45, 2.75) is 42.6 Å². The number of nitrogens with one attached hydrogen (secondary N) is 2. The van der Waals surface area contributed by atoms with Crippen LogP contribution in [0.1, 0.15) is 19.3 Å². The van der Waals surface area contributed by atoms with Crippen molar-refractivity contribution < 1.29 is 9.47 Å². The van der Waals surface area contributed by atoms with E-state index in [1.54, 1.807) is 0 Å². The largest absolute Gasteiger partial charge is 0.369 e. The average Bonchev–Trinajstić information content (AvgIpc) is 2.94. The fraction of sp³-hybridized carbons (Fsp3) is 1.00. The van der Waals surface area contributed by atoms with Crippen molar-refractivity contribution in [2.24, 2.45) is 0 Å². The third kappa shape index (κ3) is 1.01. The van der Waals surface area contributed by atoms with Crippen LogP contribution in [0.2, 0.25) is 0 Å². The normalized spacial score (nSPS) is 57.6. The number of ether oxygens (including phenoxy) is 2. The van der Waals surface area contributed by atoms with E-state index in [0.717, 1.165) is 32.7 Å². The second-order valence-electron chi connectivity index (χ2n) is 5.49. The van der Waals surface area contributed by atoms with Crippen molar-refractivity contribution in [2.75, 3.05) is 26.2 Å². The monoisotopic (exact) mass is 210 g/mol. The van der Waals surface area contributed by atoms with Crippen molar-refractivity contribution in [1.82, 2.24) is 10.6 Å². The molecule has 84 valence electrons. The van der Waals surface area contributed by atoms with E-state index in [1.807, 2.05) is 0 Å². The van der Waals surface area contributed by atoms with Gasteiger partial charge in [0.15, 0.2) is 0 Å². The van der Waals surface area contributed by atoms with Gasteiger partial charge in [-0.05, 0) is 19.3 Å². The Morgan fingerprint density at radius 3 is 2.93 bits per heavy atom. The number of rotatable bonds is 1. The number of morpholine rings is 2. The number of hydrogen-bond donors (Lipinski definition) is 2. The first kappa shape index (κ1) is 8.93. The SMILES string of the molecule is C1OC2(C34CCC(CNC3)O4)CNC1C2. The van der Waals surface area contributed by atoms with E-state index in [9.17, 15) is 0 Å². The number of fused-ring (bicyclic) bond motifs is 5. The van der Waals surface area contributed by atoms with Gasteiger partial charge in [-0.15, -0.1) is 0 Å². The second kappa shape index (κ2) is 2.74. The molecule has 4 heterocycles. The molecule has 0 spiro atoms. The topological polar surface area (TPSA) is 42.5 Å². The third-order valence-corrected chi connectivity index (χ3v) is 4.69. The Hall–Kier alpha value is -0.160. The zero-order valence-electron chi connectivity index (χ0n) is 8.92. The molecule has 4 rings (SSSR count). The Kier molecular flexibility index (Phi) is 1.63. The van der Waals surface area contributed by atoms with Crippen LogP contribution in [0.25, 0.3) is 0 Å². The highest BCUT2D eigenvalue weighted by Gasteiger charge is 2.63. The first-order chi connectivity index (χ1) is 7.32. The maximum absolute atomic E-state index is 6.26. The van der Waals surface area contributed by atoms with E-state index >= 15 is 0 Å². The van der Waals surface area contributed by atoms with Crippen LogP contribution >= 0.6 is 0 Å². The van der Waals surface area contributed by atoms with Crippen LogP contribution in [0.15, 0.2) is 0 Å². The first-order valence-corrected chi connectivity index (χ1v) is 6.08. The van der Waals surface area contributed by atoms with Crippen molar-refractivity contribution in [3.8, 4) is 0 Å². The molecule has 4 unspecified atom stereocenters. The van der Waals surface area contributed by atoms with Gasteiger partial charge in [0.05, 0.1) is 12.7 Å². The predicted octanol–water partition coefficient (Wildman–Crippen LogP) is -0.362. The molecule has 2 N–H and O–H groups in total. The molecule has 15 heavy (non-hydrogen) atoms. The van der Waals surface area contributed by atoms with Crippen LogP contribution in [0.5, 0.6) is 0 Å². The molecule has 4 atom stereocenters. The zero-order valence-corrected chi connectivity index (χ0v) is 8.92. The quantitative estimate of drug-likeness (QED) is 0.620. The predicted molar refractivity (Wildman–Crippen MR) is 54.8 cm³/mol. The molecule has 4 nitrogen and oxygen atoms in total. The summed E-state index contributed by atoms with van der Waals surface area (Å²) in [5, 5.41) is 7.05. The lowest BCUT2D eigenvalue weighted by atomic mass is 9.80. The molecule has 4 bridgehead atoms. The van der Waals surface area contributed by atoms with E-state index < -0.39 is 0 Å². The van der Waals surface area contributed by atoms with Gasteiger partial charge in [-0.25, -0.2) is 0 Å². The van der Waals surface area contributed by atoms with Gasteiger partial charge in [-0.3, -0.25) is 0 Å². The Morgan fingerprint density at radius 2 is 2.20 bits per heavy atom. The molecule has 0 amide bonds. The van der Waals surface area contributed by atoms with Gasteiger partial charge in [0, 0.05) is 25.7 Å². The summed E-state index contributed by atoms with van der Waals surface area (Å²) in [5.41, 5.74) is -0.0615. The Labute approximate surface area is 89.7 Å². The summed E-state index contributed by atoms with van der Waals surface area (Å²) in [4.78, 5) is 0. The molecular formula is C11H18N2O2. The molecule has 0 aromatic heterocycles. The Morgan fingerprint density at radius 1 is 1.20 bits per heavy atom. The minimum atomic E-state index is -0.0336. The minimum absolute atomic E-state index is 0.0279. The zero-order chi connectivity index (χ0) is 9.93. The Balaban J connectivity index is 1.70. The van der Waals surface area contributed by atoms with E-state index in [-0.39, 0.29) is 11.2 Å². The lowest BCUT2D eigenvalue weighted by Gasteiger charge is -2.46. The van der Waals surface area contributed by atoms with Gasteiger partial charge >= 0.3 is 0 Å². The van der Waals surface area contributed by atoms with Gasteiger partial charge in [0.2, 0.25) is 0 Å². The van der Waals surface area contributed by atoms with Gasteiger partial charge in [0.1, 0.15) is 11.2 Å². The van der Waals surface area contributed by atoms with Crippen LogP contribution < -0.4 is 10.6 Å². The summed E-state index contributed by atoms with van der Waals surface area (Å²) >= 11 is 0. The van der Waals surface area contributed by atoms with Crippen LogP contribution in [-0.4, -0.2) is 49.6 Å². The molecule has 0 saturated carbocycles. The standard InChI is InChI=1S/C11H18N2O2/c1-2-10(6-12-4-9(1)15-10)11-3-8(5-14-11)13-7-11/h8-9,12-13H,1-7H2. The summed E-state index contributed by atoms with van der Waals surface area (Å²) in [5.74, 6) is 0. The molecule has 4 aliphatic rings. The molecule has 4 fully saturated rings. The van der Waals surface area contributed by atoms with E-state index in [2.05, 4.69) is 10.6 Å². The Bertz CT molecular complexity index is 284. The van der Waals surface area contributed by atoms with Gasteiger partial charge < -0.3 is 20.1 Å². The summed E-state index contributed by atoms with van der Waals surface area (Å²) < 4.78 is 12.3. The second-order valence-corrected chi connectivity index (χ2v) is 5.49. The highest BCUT2D eigenvalue weighted by molar-refractivity contribution is 5.17. The molecular weight excluding hydrogens is 192 g/mol. The van der Waals surface area contributed by atoms with E-state index in [4.69, 9.17) is 9.47 Å².